The van der Waals surface area contributed by atoms with E-state index in [4.69, 9.17) is 13.3 Å². The Bertz CT molecular complexity index is 244. The zero-order valence-electron chi connectivity index (χ0n) is 16.7. The van der Waals surface area contributed by atoms with Gasteiger partial charge in [-0.3, -0.25) is 0 Å². The molecule has 0 heterocycles. The van der Waals surface area contributed by atoms with E-state index in [0.29, 0.717) is 37.6 Å². The Kier molecular flexibility index (Phi) is 13.2. The molecule has 0 aliphatic carbocycles. The molecule has 0 radical (unpaired) electrons. The molecule has 0 bridgehead atoms. The second kappa shape index (κ2) is 12.9. The minimum absolute atomic E-state index is 0.0483. The monoisotopic (exact) mass is 368 g/mol. The summed E-state index contributed by atoms with van der Waals surface area (Å²) in [5, 5.41) is 0. The summed E-state index contributed by atoms with van der Waals surface area (Å²) in [6, 6.07) is 0. The Balaban J connectivity index is 4.78. The third-order valence-corrected chi connectivity index (χ3v) is 7.10. The van der Waals surface area contributed by atoms with E-state index in [1.54, 1.807) is 0 Å². The fourth-order valence-electron chi connectivity index (χ4n) is 1.77. The van der Waals surface area contributed by atoms with E-state index < -0.39 is 18.1 Å². The number of hydrogen-bond acceptors (Lipinski definition) is 4. The normalized spacial score (nSPS) is 13.0. The first-order valence-corrected chi connectivity index (χ1v) is 11.8. The van der Waals surface area contributed by atoms with Gasteiger partial charge in [0, 0.05) is 0 Å². The van der Waals surface area contributed by atoms with Crippen LogP contribution >= 0.6 is 0 Å². The molecule has 0 saturated carbocycles. The molecule has 140 valence electrons. The molecule has 5 heteroatoms. The van der Waals surface area contributed by atoms with Crippen LogP contribution in [0.3, 0.4) is 0 Å². The van der Waals surface area contributed by atoms with Crippen LogP contribution in [0.25, 0.3) is 0 Å². The molecule has 0 fully saturated rings. The summed E-state index contributed by atoms with van der Waals surface area (Å²) in [5.41, 5.74) is 0. The Morgan fingerprint density at radius 1 is 0.565 bits per heavy atom. The van der Waals surface area contributed by atoms with Crippen LogP contribution in [0.2, 0.25) is 0 Å². The first kappa shape index (κ1) is 23.6. The van der Waals surface area contributed by atoms with E-state index in [1.165, 1.54) is 0 Å². The van der Waals surface area contributed by atoms with Gasteiger partial charge in [0.1, 0.15) is 0 Å². The summed E-state index contributed by atoms with van der Waals surface area (Å²) in [6.07, 6.45) is 3.04. The standard InChI is InChI=1S/3C5H11O.C3H7O.Ti/c3*1-5(2)3-4-6;1-3(2)4;/h3*5H,3-4H2,1-2H3;3H,1-2H3;/q4*-1;+4. The molecule has 0 amide bonds. The molecule has 0 rings (SSSR count). The van der Waals surface area contributed by atoms with Gasteiger partial charge in [0.05, 0.1) is 0 Å². The van der Waals surface area contributed by atoms with Gasteiger partial charge in [-0.05, 0) is 0 Å². The van der Waals surface area contributed by atoms with Gasteiger partial charge < -0.3 is 0 Å². The van der Waals surface area contributed by atoms with E-state index in [1.807, 2.05) is 13.8 Å². The van der Waals surface area contributed by atoms with Gasteiger partial charge in [-0.15, -0.1) is 0 Å². The fraction of sp³-hybridized carbons (Fsp3) is 1.00. The predicted octanol–water partition coefficient (Wildman–Crippen LogP) is 5.41. The van der Waals surface area contributed by atoms with Crippen LogP contribution in [0.15, 0.2) is 0 Å². The van der Waals surface area contributed by atoms with Crippen LogP contribution in [0.4, 0.5) is 0 Å². The second-order valence-corrected chi connectivity index (χ2v) is 11.0. The summed E-state index contributed by atoms with van der Waals surface area (Å²) in [5.74, 6) is 1.79. The van der Waals surface area contributed by atoms with Crippen molar-refractivity contribution in [2.45, 2.75) is 80.8 Å². The molecular weight excluding hydrogens is 328 g/mol. The van der Waals surface area contributed by atoms with E-state index in [2.05, 4.69) is 41.5 Å². The maximum atomic E-state index is 6.14. The second-order valence-electron chi connectivity index (χ2n) is 7.76. The van der Waals surface area contributed by atoms with Gasteiger partial charge in [0.2, 0.25) is 0 Å². The Morgan fingerprint density at radius 2 is 0.870 bits per heavy atom. The maximum absolute atomic E-state index is 6.14. The molecule has 0 unspecified atom stereocenters. The molecule has 0 saturated heterocycles. The van der Waals surface area contributed by atoms with E-state index >= 15 is 0 Å². The van der Waals surface area contributed by atoms with E-state index in [-0.39, 0.29) is 6.10 Å². The van der Waals surface area contributed by atoms with Crippen molar-refractivity contribution in [1.82, 2.24) is 0 Å². The van der Waals surface area contributed by atoms with E-state index in [0.717, 1.165) is 19.3 Å². The summed E-state index contributed by atoms with van der Waals surface area (Å²) in [4.78, 5) is 0. The van der Waals surface area contributed by atoms with Crippen LogP contribution in [0.1, 0.15) is 74.7 Å². The van der Waals surface area contributed by atoms with Gasteiger partial charge in [-0.2, -0.15) is 0 Å². The van der Waals surface area contributed by atoms with Crippen molar-refractivity contribution in [3.63, 3.8) is 0 Å². The Hall–Kier alpha value is 0.554. The minimum atomic E-state index is -3.65. The zero-order chi connectivity index (χ0) is 17.9. The Morgan fingerprint density at radius 3 is 1.09 bits per heavy atom. The average molecular weight is 368 g/mol. The number of rotatable bonds is 14. The van der Waals surface area contributed by atoms with Gasteiger partial charge in [0.15, 0.2) is 0 Å². The first-order valence-electron chi connectivity index (χ1n) is 9.26. The molecule has 0 aliphatic rings. The van der Waals surface area contributed by atoms with Crippen LogP contribution in [-0.4, -0.2) is 25.9 Å². The molecule has 0 aromatic carbocycles. The quantitative estimate of drug-likeness (QED) is 0.384. The van der Waals surface area contributed by atoms with Crippen LogP contribution < -0.4 is 0 Å². The van der Waals surface area contributed by atoms with Crippen molar-refractivity contribution < 1.29 is 31.4 Å². The summed E-state index contributed by atoms with van der Waals surface area (Å²) >= 11 is -3.65. The topological polar surface area (TPSA) is 36.9 Å². The molecule has 0 N–H and O–H groups in total. The molecule has 0 aliphatic heterocycles. The van der Waals surface area contributed by atoms with Crippen LogP contribution in [0, 0.1) is 17.8 Å². The van der Waals surface area contributed by atoms with Crippen molar-refractivity contribution in [1.29, 1.82) is 0 Å². The zero-order valence-corrected chi connectivity index (χ0v) is 18.2. The average Bonchev–Trinajstić information content (AvgIpc) is 2.36. The Labute approximate surface area is 149 Å². The molecule has 0 aromatic rings. The van der Waals surface area contributed by atoms with Gasteiger partial charge in [-0.1, -0.05) is 0 Å². The molecule has 4 nitrogen and oxygen atoms in total. The predicted molar refractivity (Wildman–Crippen MR) is 92.4 cm³/mol. The van der Waals surface area contributed by atoms with Crippen molar-refractivity contribution in [2.24, 2.45) is 17.8 Å². The van der Waals surface area contributed by atoms with E-state index in [9.17, 15) is 0 Å². The van der Waals surface area contributed by atoms with Crippen molar-refractivity contribution in [3.8, 4) is 0 Å². The molecule has 0 atom stereocenters. The summed E-state index contributed by atoms with van der Waals surface area (Å²) in [6.45, 7) is 19.1. The van der Waals surface area contributed by atoms with Gasteiger partial charge >= 0.3 is 150 Å². The van der Waals surface area contributed by atoms with Gasteiger partial charge in [0.25, 0.3) is 0 Å². The first-order chi connectivity index (χ1) is 10.7. The third kappa shape index (κ3) is 13.5. The molecular formula is C18H40O4Ti. The molecule has 0 aromatic heterocycles. The summed E-state index contributed by atoms with van der Waals surface area (Å²) < 4.78 is 24.5. The van der Waals surface area contributed by atoms with Crippen LogP contribution in [-0.2, 0) is 31.4 Å². The fourth-order valence-corrected chi connectivity index (χ4v) is 5.11. The third-order valence-electron chi connectivity index (χ3n) is 3.30. The van der Waals surface area contributed by atoms with Crippen molar-refractivity contribution in [2.75, 3.05) is 19.8 Å². The molecule has 23 heavy (non-hydrogen) atoms. The molecule has 0 spiro atoms. The number of hydrogen-bond donors (Lipinski definition) is 0. The SMILES string of the molecule is CC(C)CC[O][Ti]([O]CCC(C)C)([O]CCC(C)C)[O]C(C)C. The van der Waals surface area contributed by atoms with Gasteiger partial charge in [-0.25, -0.2) is 0 Å². The van der Waals surface area contributed by atoms with Crippen molar-refractivity contribution in [3.05, 3.63) is 0 Å². The summed E-state index contributed by atoms with van der Waals surface area (Å²) in [7, 11) is 0. The van der Waals surface area contributed by atoms with Crippen molar-refractivity contribution >= 4 is 0 Å². The van der Waals surface area contributed by atoms with Crippen LogP contribution in [0.5, 0.6) is 0 Å².